The molecule has 0 heterocycles. The quantitative estimate of drug-likeness (QED) is 0.0516. The number of likely N-dealkylation sites (N-methyl/N-ethyl adjacent to an activating group) is 2. The van der Waals surface area contributed by atoms with E-state index in [1.807, 2.05) is 81.6 Å². The number of phenolic OH excluding ortho intramolecular Hbond substituents is 4. The van der Waals surface area contributed by atoms with E-state index in [2.05, 4.69) is 37.5 Å². The zero-order valence-corrected chi connectivity index (χ0v) is 41.9. The fraction of sp³-hybridized carbons (Fsp3) is 0.462. The van der Waals surface area contributed by atoms with Crippen LogP contribution in [0.25, 0.3) is 0 Å². The number of phenols is 4. The minimum absolute atomic E-state index is 0.264. The minimum Gasteiger partial charge on any atom is -0.508 e. The summed E-state index contributed by atoms with van der Waals surface area (Å²) in [5.41, 5.74) is 11.0. The van der Waals surface area contributed by atoms with Gasteiger partial charge < -0.3 is 49.6 Å². The van der Waals surface area contributed by atoms with Crippen LogP contribution in [0.15, 0.2) is 36.4 Å². The van der Waals surface area contributed by atoms with Crippen LogP contribution in [-0.4, -0.2) is 107 Å². The van der Waals surface area contributed by atoms with Gasteiger partial charge in [0.1, 0.15) is 59.2 Å². The number of ether oxygens (including phenoxy) is 4. The Bertz CT molecular complexity index is 2170. The second-order valence-corrected chi connectivity index (χ2v) is 17.3. The number of aromatic hydroxyl groups is 4. The van der Waals surface area contributed by atoms with Crippen molar-refractivity contribution in [3.8, 4) is 46.0 Å². The fourth-order valence-corrected chi connectivity index (χ4v) is 7.26. The standard InChI is InChI=1S/2C24H35NO4.C4H4O4/c2*1-14(2)19-12-21(26)15(3)11-22(19)29-10-9-25(7)13-20-18(6)23(27)16(4)17(5)24(20)28-8;5-3(6)1-2-4(7)8/h2*11-12,14,26-27H,9-10,13H2,1-8H3;1-2H,(H,5,6)(H,7,8)/b;;2-1+. The van der Waals surface area contributed by atoms with E-state index in [1.54, 1.807) is 26.4 Å². The first-order chi connectivity index (χ1) is 30.8. The summed E-state index contributed by atoms with van der Waals surface area (Å²) in [4.78, 5) is 23.4. The van der Waals surface area contributed by atoms with E-state index in [-0.39, 0.29) is 11.8 Å². The van der Waals surface area contributed by atoms with Gasteiger partial charge in [0.05, 0.1) is 14.2 Å². The summed E-state index contributed by atoms with van der Waals surface area (Å²) in [6, 6.07) is 7.40. The van der Waals surface area contributed by atoms with Crippen molar-refractivity contribution in [3.63, 3.8) is 0 Å². The lowest BCUT2D eigenvalue weighted by atomic mass is 9.97. The van der Waals surface area contributed by atoms with Crippen LogP contribution in [0, 0.1) is 55.4 Å². The molecule has 4 aromatic carbocycles. The zero-order valence-electron chi connectivity index (χ0n) is 41.9. The third kappa shape index (κ3) is 15.2. The highest BCUT2D eigenvalue weighted by Crippen LogP contribution is 2.39. The Kier molecular flexibility index (Phi) is 21.7. The van der Waals surface area contributed by atoms with E-state index < -0.39 is 11.9 Å². The maximum Gasteiger partial charge on any atom is 0.328 e. The molecule has 0 spiro atoms. The normalized spacial score (nSPS) is 11.2. The molecule has 6 N–H and O–H groups in total. The smallest absolute Gasteiger partial charge is 0.328 e. The van der Waals surface area contributed by atoms with Crippen molar-refractivity contribution in [2.45, 2.75) is 108 Å². The van der Waals surface area contributed by atoms with Crippen LogP contribution in [0.4, 0.5) is 0 Å². The second-order valence-electron chi connectivity index (χ2n) is 17.3. The van der Waals surface area contributed by atoms with Gasteiger partial charge in [0.2, 0.25) is 0 Å². The van der Waals surface area contributed by atoms with Gasteiger partial charge in [-0.25, -0.2) is 9.59 Å². The summed E-state index contributed by atoms with van der Waals surface area (Å²) in [5, 5.41) is 56.5. The lowest BCUT2D eigenvalue weighted by Crippen LogP contribution is -2.25. The molecule has 66 heavy (non-hydrogen) atoms. The summed E-state index contributed by atoms with van der Waals surface area (Å²) in [7, 11) is 7.40. The molecule has 364 valence electrons. The first-order valence-electron chi connectivity index (χ1n) is 21.9. The topological polar surface area (TPSA) is 199 Å². The lowest BCUT2D eigenvalue weighted by Gasteiger charge is -2.23. The molecule has 0 aromatic heterocycles. The fourth-order valence-electron chi connectivity index (χ4n) is 7.26. The Morgan fingerprint density at radius 3 is 1.14 bits per heavy atom. The third-order valence-corrected chi connectivity index (χ3v) is 11.7. The van der Waals surface area contributed by atoms with Crippen molar-refractivity contribution in [2.75, 3.05) is 54.6 Å². The molecule has 0 fully saturated rings. The average molecular weight is 919 g/mol. The third-order valence-electron chi connectivity index (χ3n) is 11.7. The molecule has 0 bridgehead atoms. The Labute approximate surface area is 391 Å². The molecule has 4 aromatic rings. The van der Waals surface area contributed by atoms with E-state index in [9.17, 15) is 30.0 Å². The van der Waals surface area contributed by atoms with E-state index in [0.29, 0.717) is 74.5 Å². The SMILES string of the molecule is COc1c(C)c(C)c(O)c(C)c1CN(C)CCOc1cc(C)c(O)cc1C(C)C.COc1c(C)c(C)c(O)c(C)c1CN(C)CCOc1cc(C)c(O)cc1C(C)C.O=C(O)/C=C/C(=O)O. The van der Waals surface area contributed by atoms with Gasteiger partial charge in [0, 0.05) is 60.6 Å². The number of benzene rings is 4. The molecule has 0 amide bonds. The van der Waals surface area contributed by atoms with Crippen molar-refractivity contribution in [1.29, 1.82) is 0 Å². The lowest BCUT2D eigenvalue weighted by molar-refractivity contribution is -0.134. The summed E-state index contributed by atoms with van der Waals surface area (Å²) in [5.74, 6) is 2.60. The van der Waals surface area contributed by atoms with Crippen molar-refractivity contribution in [1.82, 2.24) is 9.80 Å². The van der Waals surface area contributed by atoms with Crippen molar-refractivity contribution in [3.05, 3.63) is 103 Å². The summed E-state index contributed by atoms with van der Waals surface area (Å²) in [6.07, 6.45) is 1.12. The van der Waals surface area contributed by atoms with Gasteiger partial charge in [-0.2, -0.15) is 0 Å². The molecule has 0 aliphatic carbocycles. The molecular weight excluding hydrogens is 845 g/mol. The Morgan fingerprint density at radius 2 is 0.864 bits per heavy atom. The van der Waals surface area contributed by atoms with E-state index >= 15 is 0 Å². The van der Waals surface area contributed by atoms with Crippen LogP contribution < -0.4 is 18.9 Å². The molecule has 14 nitrogen and oxygen atoms in total. The van der Waals surface area contributed by atoms with Crippen LogP contribution in [0.2, 0.25) is 0 Å². The molecule has 0 atom stereocenters. The first-order valence-corrected chi connectivity index (χ1v) is 21.9. The highest BCUT2D eigenvalue weighted by Gasteiger charge is 2.21. The van der Waals surface area contributed by atoms with E-state index in [0.717, 1.165) is 89.8 Å². The summed E-state index contributed by atoms with van der Waals surface area (Å²) >= 11 is 0. The molecule has 0 saturated carbocycles. The molecule has 0 radical (unpaired) electrons. The molecule has 4 rings (SSSR count). The highest BCUT2D eigenvalue weighted by atomic mass is 16.5. The largest absolute Gasteiger partial charge is 0.508 e. The van der Waals surface area contributed by atoms with Gasteiger partial charge in [0.25, 0.3) is 0 Å². The van der Waals surface area contributed by atoms with Crippen LogP contribution >= 0.6 is 0 Å². The van der Waals surface area contributed by atoms with Gasteiger partial charge in [-0.3, -0.25) is 9.80 Å². The van der Waals surface area contributed by atoms with Gasteiger partial charge >= 0.3 is 11.9 Å². The number of carboxylic acid groups (broad SMARTS) is 2. The molecule has 14 heteroatoms. The van der Waals surface area contributed by atoms with Gasteiger partial charge in [-0.05, 0) is 150 Å². The highest BCUT2D eigenvalue weighted by molar-refractivity contribution is 5.89. The van der Waals surface area contributed by atoms with Crippen LogP contribution in [0.3, 0.4) is 0 Å². The predicted molar refractivity (Wildman–Crippen MR) is 260 cm³/mol. The molecule has 0 aliphatic heterocycles. The second kappa shape index (κ2) is 25.5. The number of carboxylic acids is 2. The van der Waals surface area contributed by atoms with Gasteiger partial charge in [-0.15, -0.1) is 0 Å². The van der Waals surface area contributed by atoms with Gasteiger partial charge in [-0.1, -0.05) is 27.7 Å². The first kappa shape index (κ1) is 56.0. The Morgan fingerprint density at radius 1 is 0.545 bits per heavy atom. The monoisotopic (exact) mass is 919 g/mol. The average Bonchev–Trinajstić information content (AvgIpc) is 3.25. The van der Waals surface area contributed by atoms with Crippen molar-refractivity contribution in [2.24, 2.45) is 0 Å². The van der Waals surface area contributed by atoms with Crippen molar-refractivity contribution >= 4 is 11.9 Å². The summed E-state index contributed by atoms with van der Waals surface area (Å²) in [6.45, 7) is 27.5. The van der Waals surface area contributed by atoms with Crippen LogP contribution in [0.5, 0.6) is 46.0 Å². The van der Waals surface area contributed by atoms with Crippen LogP contribution in [-0.2, 0) is 22.7 Å². The number of aliphatic carboxylic acids is 2. The van der Waals surface area contributed by atoms with Crippen molar-refractivity contribution < 1.29 is 59.2 Å². The number of hydrogen-bond acceptors (Lipinski definition) is 12. The number of hydrogen-bond donors (Lipinski definition) is 6. The molecular formula is C52H74N2O12. The number of nitrogens with zero attached hydrogens (tertiary/aromatic N) is 2. The predicted octanol–water partition coefficient (Wildman–Crippen LogP) is 9.66. The zero-order chi connectivity index (χ0) is 50.3. The number of carbonyl (C=O) groups is 2. The maximum absolute atomic E-state index is 10.4. The molecule has 0 aliphatic rings. The maximum atomic E-state index is 10.4. The number of rotatable bonds is 18. The van der Waals surface area contributed by atoms with E-state index in [1.165, 1.54) is 0 Å². The van der Waals surface area contributed by atoms with Gasteiger partial charge in [0.15, 0.2) is 0 Å². The number of methoxy groups -OCH3 is 2. The minimum atomic E-state index is -1.26. The Balaban J connectivity index is 0.000000389. The van der Waals surface area contributed by atoms with Crippen LogP contribution in [0.1, 0.15) is 106 Å². The molecule has 0 unspecified atom stereocenters. The molecule has 0 saturated heterocycles. The van der Waals surface area contributed by atoms with E-state index in [4.69, 9.17) is 29.2 Å². The number of aryl methyl sites for hydroxylation is 2. The summed E-state index contributed by atoms with van der Waals surface area (Å²) < 4.78 is 23.4. The Hall–Kier alpha value is -6.12.